The molecule has 16 heteroatoms. The van der Waals surface area contributed by atoms with Gasteiger partial charge >= 0.3 is 17.6 Å². The molecule has 51 heavy (non-hydrogen) atoms. The molecule has 1 aliphatic heterocycles. The largest absolute Gasteiger partial charge is 0.490 e. The summed E-state index contributed by atoms with van der Waals surface area (Å²) in [4.78, 5) is 55.6. The summed E-state index contributed by atoms with van der Waals surface area (Å²) in [5.41, 5.74) is 0.481. The Kier molecular flexibility index (Phi) is 11.7. The lowest BCUT2D eigenvalue weighted by atomic mass is 9.95. The van der Waals surface area contributed by atoms with E-state index in [0.29, 0.717) is 16.8 Å². The van der Waals surface area contributed by atoms with Gasteiger partial charge in [0.2, 0.25) is 5.75 Å². The van der Waals surface area contributed by atoms with Crippen molar-refractivity contribution in [2.75, 3.05) is 26.9 Å². The van der Waals surface area contributed by atoms with E-state index >= 15 is 0 Å². The van der Waals surface area contributed by atoms with Gasteiger partial charge in [-0.2, -0.15) is 0 Å². The summed E-state index contributed by atoms with van der Waals surface area (Å²) in [6.45, 7) is 4.75. The molecule has 13 nitrogen and oxygen atoms in total. The van der Waals surface area contributed by atoms with Gasteiger partial charge < -0.3 is 23.7 Å². The second kappa shape index (κ2) is 16.1. The van der Waals surface area contributed by atoms with Crippen LogP contribution < -0.4 is 29.1 Å². The quantitative estimate of drug-likeness (QED) is 0.101. The molecule has 0 saturated heterocycles. The van der Waals surface area contributed by atoms with Gasteiger partial charge in [-0.3, -0.25) is 19.5 Å². The zero-order valence-electron chi connectivity index (χ0n) is 27.8. The smallest absolute Gasteiger partial charge is 0.343 e. The number of ether oxygens (including phenoxy) is 5. The maximum absolute atomic E-state index is 14.2. The normalized spacial score (nSPS) is 14.0. The summed E-state index contributed by atoms with van der Waals surface area (Å²) in [6, 6.07) is 12.5. The third-order valence-electron chi connectivity index (χ3n) is 7.54. The predicted molar refractivity (Wildman–Crippen MR) is 187 cm³/mol. The lowest BCUT2D eigenvalue weighted by Crippen LogP contribution is -2.40. The molecule has 266 valence electrons. The molecule has 3 aromatic carbocycles. The van der Waals surface area contributed by atoms with E-state index in [-0.39, 0.29) is 68.6 Å². The zero-order chi connectivity index (χ0) is 36.8. The molecule has 1 aliphatic rings. The van der Waals surface area contributed by atoms with Crippen LogP contribution in [0.1, 0.15) is 43.5 Å². The summed E-state index contributed by atoms with van der Waals surface area (Å²) in [7, 11) is 1.24. The van der Waals surface area contributed by atoms with E-state index in [1.807, 2.05) is 0 Å². The van der Waals surface area contributed by atoms with Crippen molar-refractivity contribution in [1.82, 2.24) is 4.57 Å². The number of nitro groups is 1. The van der Waals surface area contributed by atoms with Crippen molar-refractivity contribution in [3.63, 3.8) is 0 Å². The van der Waals surface area contributed by atoms with Gasteiger partial charge in [-0.25, -0.2) is 19.0 Å². The number of fused-ring (bicyclic) bond motifs is 1. The first-order valence-electron chi connectivity index (χ1n) is 15.5. The van der Waals surface area contributed by atoms with E-state index < -0.39 is 40.0 Å². The molecule has 0 bridgehead atoms. The Hall–Kier alpha value is -5.35. The number of rotatable bonds is 13. The molecule has 0 spiro atoms. The molecule has 0 N–H and O–H groups in total. The van der Waals surface area contributed by atoms with Crippen LogP contribution >= 0.6 is 27.3 Å². The van der Waals surface area contributed by atoms with Crippen LogP contribution in [0.2, 0.25) is 0 Å². The van der Waals surface area contributed by atoms with E-state index in [2.05, 4.69) is 25.7 Å². The van der Waals surface area contributed by atoms with Crippen molar-refractivity contribution in [2.45, 2.75) is 33.4 Å². The Morgan fingerprint density at radius 1 is 1.08 bits per heavy atom. The lowest BCUT2D eigenvalue weighted by Gasteiger charge is -2.25. The van der Waals surface area contributed by atoms with Gasteiger partial charge in [0.1, 0.15) is 12.4 Å². The first-order chi connectivity index (χ1) is 24.5. The predicted octanol–water partition coefficient (Wildman–Crippen LogP) is 5.14. The highest BCUT2D eigenvalue weighted by Crippen LogP contribution is 2.38. The Balaban J connectivity index is 1.61. The minimum atomic E-state index is -1.01. The summed E-state index contributed by atoms with van der Waals surface area (Å²) in [6.07, 6.45) is 1.47. The number of hydrogen-bond acceptors (Lipinski definition) is 12. The highest BCUT2D eigenvalue weighted by molar-refractivity contribution is 9.10. The first-order valence-corrected chi connectivity index (χ1v) is 17.1. The molecule has 1 atom stereocenters. The number of benzene rings is 3. The molecule has 0 aliphatic carbocycles. The molecular formula is C35H31BrFN3O10S. The van der Waals surface area contributed by atoms with Crippen molar-refractivity contribution < 1.29 is 42.6 Å². The van der Waals surface area contributed by atoms with Crippen molar-refractivity contribution >= 4 is 51.0 Å². The molecule has 0 amide bonds. The summed E-state index contributed by atoms with van der Waals surface area (Å²) in [5, 5.41) is 12.1. The first kappa shape index (κ1) is 36.9. The molecule has 0 unspecified atom stereocenters. The van der Waals surface area contributed by atoms with Gasteiger partial charge in [-0.1, -0.05) is 35.6 Å². The van der Waals surface area contributed by atoms with Crippen LogP contribution in [0.15, 0.2) is 80.1 Å². The van der Waals surface area contributed by atoms with E-state index in [4.69, 9.17) is 18.9 Å². The number of nitrogens with zero attached hydrogens (tertiary/aromatic N) is 3. The monoisotopic (exact) mass is 783 g/mol. The fourth-order valence-electron chi connectivity index (χ4n) is 5.26. The molecule has 5 rings (SSSR count). The van der Waals surface area contributed by atoms with Crippen LogP contribution in [-0.4, -0.2) is 48.4 Å². The average Bonchev–Trinajstić information content (AvgIpc) is 3.40. The van der Waals surface area contributed by atoms with E-state index in [1.54, 1.807) is 45.0 Å². The minimum Gasteiger partial charge on any atom is -0.490 e. The maximum Gasteiger partial charge on any atom is 0.343 e. The standard InChI is InChI=1S/C35H31BrFN3O10S/c1-5-47-27-16-21(11-12-26(27)49-18-29(41)46-4)31-30(34(43)48-6-2)19(3)38-35-39(31)33(42)28(51-35)15-20-13-23(36)32(25(14-20)40(44)45)50-17-22-9-7-8-10-24(22)37/h7-16,31H,5-6,17-18H2,1-4H3/b28-15+/t31-/m0/s1. The average molecular weight is 785 g/mol. The van der Waals surface area contributed by atoms with Crippen LogP contribution in [0.4, 0.5) is 10.1 Å². The molecule has 0 saturated carbocycles. The van der Waals surface area contributed by atoms with Crippen LogP contribution in [0, 0.1) is 15.9 Å². The third-order valence-corrected chi connectivity index (χ3v) is 9.12. The van der Waals surface area contributed by atoms with Gasteiger partial charge in [0.05, 0.1) is 51.6 Å². The number of thiazole rings is 1. The molecule has 0 fully saturated rings. The number of carbonyl (C=O) groups is 2. The number of nitro benzene ring substituents is 1. The summed E-state index contributed by atoms with van der Waals surface area (Å²) < 4.78 is 43.0. The Morgan fingerprint density at radius 2 is 1.84 bits per heavy atom. The molecule has 0 radical (unpaired) electrons. The number of carbonyl (C=O) groups excluding carboxylic acids is 2. The fourth-order valence-corrected chi connectivity index (χ4v) is 6.89. The number of methoxy groups -OCH3 is 1. The van der Waals surface area contributed by atoms with Gasteiger partial charge in [0.25, 0.3) is 5.56 Å². The van der Waals surface area contributed by atoms with Crippen molar-refractivity contribution in [3.05, 3.63) is 123 Å². The van der Waals surface area contributed by atoms with E-state index in [9.17, 15) is 28.9 Å². The number of halogens is 2. The highest BCUT2D eigenvalue weighted by Gasteiger charge is 2.34. The van der Waals surface area contributed by atoms with Gasteiger partial charge in [0, 0.05) is 11.6 Å². The molecule has 2 heterocycles. The molecular weight excluding hydrogens is 753 g/mol. The Labute approximate surface area is 302 Å². The number of esters is 2. The van der Waals surface area contributed by atoms with Crippen LogP contribution in [0.3, 0.4) is 0 Å². The summed E-state index contributed by atoms with van der Waals surface area (Å²) in [5.74, 6) is -1.40. The number of allylic oxidation sites excluding steroid dienone is 1. The van der Waals surface area contributed by atoms with Gasteiger partial charge in [-0.15, -0.1) is 0 Å². The highest BCUT2D eigenvalue weighted by atomic mass is 79.9. The number of aromatic nitrogens is 1. The zero-order valence-corrected chi connectivity index (χ0v) is 30.2. The third kappa shape index (κ3) is 8.02. The van der Waals surface area contributed by atoms with Crippen LogP contribution in [-0.2, 0) is 25.7 Å². The van der Waals surface area contributed by atoms with Crippen molar-refractivity contribution in [3.8, 4) is 17.2 Å². The van der Waals surface area contributed by atoms with Crippen LogP contribution in [0.25, 0.3) is 6.08 Å². The molecule has 4 aromatic rings. The van der Waals surface area contributed by atoms with Crippen molar-refractivity contribution in [1.29, 1.82) is 0 Å². The lowest BCUT2D eigenvalue weighted by molar-refractivity contribution is -0.386. The SMILES string of the molecule is CCOC(=O)C1=C(C)N=c2s/c(=C/c3cc(Br)c(OCc4ccccc4F)c([N+](=O)[O-])c3)c(=O)n2[C@H]1c1ccc(OCC(=O)OC)c(OCC)c1. The minimum absolute atomic E-state index is 0.0743. The number of hydrogen-bond donors (Lipinski definition) is 0. The Bertz CT molecular complexity index is 2230. The van der Waals surface area contributed by atoms with E-state index in [0.717, 1.165) is 11.3 Å². The van der Waals surface area contributed by atoms with Gasteiger partial charge in [-0.05, 0) is 78.2 Å². The summed E-state index contributed by atoms with van der Waals surface area (Å²) >= 11 is 4.36. The second-order valence-corrected chi connectivity index (χ2v) is 12.7. The molecule has 1 aromatic heterocycles. The maximum atomic E-state index is 14.2. The second-order valence-electron chi connectivity index (χ2n) is 10.8. The van der Waals surface area contributed by atoms with Crippen LogP contribution in [0.5, 0.6) is 17.2 Å². The fraction of sp³-hybridized carbons (Fsp3) is 0.257. The topological polar surface area (TPSA) is 158 Å². The van der Waals surface area contributed by atoms with Gasteiger partial charge in [0.15, 0.2) is 22.9 Å². The van der Waals surface area contributed by atoms with E-state index in [1.165, 1.54) is 48.1 Å². The van der Waals surface area contributed by atoms with Crippen molar-refractivity contribution in [2.24, 2.45) is 4.99 Å². The Morgan fingerprint density at radius 3 is 2.53 bits per heavy atom.